The van der Waals surface area contributed by atoms with E-state index >= 15 is 0 Å². The number of benzene rings is 1. The Balaban J connectivity index is 2.61. The molecule has 0 aliphatic rings. The van der Waals surface area contributed by atoms with Crippen molar-refractivity contribution in [1.29, 1.82) is 0 Å². The highest BCUT2D eigenvalue weighted by Gasteiger charge is 2.21. The first-order chi connectivity index (χ1) is 9.46. The van der Waals surface area contributed by atoms with E-state index in [4.69, 9.17) is 5.21 Å². The average molecular weight is 294 g/mol. The molecule has 2 aromatic rings. The molecule has 0 atom stereocenters. The topological polar surface area (TPSA) is 87.8 Å². The predicted molar refractivity (Wildman–Crippen MR) is 75.0 cm³/mol. The van der Waals surface area contributed by atoms with Gasteiger partial charge in [-0.1, -0.05) is 35.5 Å². The van der Waals surface area contributed by atoms with Crippen LogP contribution in [0.5, 0.6) is 0 Å². The predicted octanol–water partition coefficient (Wildman–Crippen LogP) is 1.01. The Morgan fingerprint density at radius 3 is 2.50 bits per heavy atom. The molecule has 7 nitrogen and oxygen atoms in total. The first-order valence-corrected chi connectivity index (χ1v) is 7.12. The lowest BCUT2D eigenvalue weighted by atomic mass is 10.2. The Morgan fingerprint density at radius 1 is 1.30 bits per heavy atom. The molecule has 0 spiro atoms. The van der Waals surface area contributed by atoms with E-state index in [1.807, 2.05) is 30.3 Å². The van der Waals surface area contributed by atoms with Crippen LogP contribution < -0.4 is 0 Å². The fourth-order valence-electron chi connectivity index (χ4n) is 1.62. The number of oxime groups is 1. The Bertz CT molecular complexity index is 720. The molecule has 0 amide bonds. The van der Waals surface area contributed by atoms with E-state index in [1.54, 1.807) is 0 Å². The van der Waals surface area contributed by atoms with Gasteiger partial charge >= 0.3 is 10.2 Å². The fraction of sp³-hybridized carbons (Fsp3) is 0.167. The van der Waals surface area contributed by atoms with Crippen molar-refractivity contribution in [3.8, 4) is 11.3 Å². The zero-order valence-electron chi connectivity index (χ0n) is 11.0. The van der Waals surface area contributed by atoms with Gasteiger partial charge in [0.15, 0.2) is 5.82 Å². The summed E-state index contributed by atoms with van der Waals surface area (Å²) in [6.45, 7) is 0. The van der Waals surface area contributed by atoms with E-state index in [-0.39, 0.29) is 5.82 Å². The summed E-state index contributed by atoms with van der Waals surface area (Å²) in [6.07, 6.45) is 2.37. The van der Waals surface area contributed by atoms with Crippen LogP contribution in [-0.2, 0) is 10.2 Å². The van der Waals surface area contributed by atoms with Crippen LogP contribution in [0.1, 0.15) is 5.82 Å². The number of rotatable bonds is 4. The quantitative estimate of drug-likeness (QED) is 0.518. The van der Waals surface area contributed by atoms with Crippen LogP contribution in [0.15, 0.2) is 41.7 Å². The summed E-state index contributed by atoms with van der Waals surface area (Å²) in [7, 11) is -0.904. The number of hydrogen-bond acceptors (Lipinski definition) is 5. The van der Waals surface area contributed by atoms with E-state index in [0.29, 0.717) is 5.69 Å². The Morgan fingerprint density at radius 2 is 1.95 bits per heavy atom. The standard InChI is InChI=1S/C12H14N4O3S/c1-15(2)20(18,19)16-9-11(14-12(16)8-13-17)10-6-4-3-5-7-10/h3-9,17H,1-2H3. The second-order valence-corrected chi connectivity index (χ2v) is 6.20. The second-order valence-electron chi connectivity index (χ2n) is 4.18. The Hall–Kier alpha value is -2.19. The van der Waals surface area contributed by atoms with Gasteiger partial charge in [0.2, 0.25) is 0 Å². The van der Waals surface area contributed by atoms with Gasteiger partial charge in [-0.3, -0.25) is 0 Å². The van der Waals surface area contributed by atoms with Gasteiger partial charge in [0.25, 0.3) is 0 Å². The van der Waals surface area contributed by atoms with Crippen molar-refractivity contribution in [3.63, 3.8) is 0 Å². The van der Waals surface area contributed by atoms with E-state index in [1.165, 1.54) is 20.3 Å². The Labute approximate surface area is 117 Å². The van der Waals surface area contributed by atoms with Crippen molar-refractivity contribution in [2.24, 2.45) is 5.16 Å². The van der Waals surface area contributed by atoms with Crippen LogP contribution in [-0.4, -0.2) is 47.2 Å². The zero-order chi connectivity index (χ0) is 14.8. The van der Waals surface area contributed by atoms with Gasteiger partial charge in [0.05, 0.1) is 11.9 Å². The summed E-state index contributed by atoms with van der Waals surface area (Å²) >= 11 is 0. The number of nitrogens with zero attached hydrogens (tertiary/aromatic N) is 4. The molecule has 0 saturated carbocycles. The summed E-state index contributed by atoms with van der Waals surface area (Å²) in [5.74, 6) is 0.0278. The van der Waals surface area contributed by atoms with Gasteiger partial charge in [-0.2, -0.15) is 12.7 Å². The number of aromatic nitrogens is 2. The summed E-state index contributed by atoms with van der Waals surface area (Å²) in [5.41, 5.74) is 1.25. The largest absolute Gasteiger partial charge is 0.411 e. The van der Waals surface area contributed by atoms with Crippen LogP contribution >= 0.6 is 0 Å². The van der Waals surface area contributed by atoms with Gasteiger partial charge < -0.3 is 5.21 Å². The number of hydrogen-bond donors (Lipinski definition) is 1. The molecule has 0 aliphatic heterocycles. The van der Waals surface area contributed by atoms with Crippen molar-refractivity contribution < 1.29 is 13.6 Å². The molecule has 106 valence electrons. The van der Waals surface area contributed by atoms with Gasteiger partial charge in [-0.05, 0) is 0 Å². The monoisotopic (exact) mass is 294 g/mol. The molecule has 0 fully saturated rings. The van der Waals surface area contributed by atoms with Crippen LogP contribution in [0.4, 0.5) is 0 Å². The summed E-state index contributed by atoms with van der Waals surface area (Å²) in [4.78, 5) is 4.17. The van der Waals surface area contributed by atoms with Crippen molar-refractivity contribution >= 4 is 16.4 Å². The van der Waals surface area contributed by atoms with Gasteiger partial charge in [0, 0.05) is 19.7 Å². The lowest BCUT2D eigenvalue weighted by Gasteiger charge is -2.12. The molecule has 20 heavy (non-hydrogen) atoms. The minimum Gasteiger partial charge on any atom is -0.411 e. The molecule has 8 heteroatoms. The number of imidazole rings is 1. The van der Waals surface area contributed by atoms with Crippen LogP contribution in [0.2, 0.25) is 0 Å². The molecular weight excluding hydrogens is 280 g/mol. The van der Waals surface area contributed by atoms with Gasteiger partial charge in [-0.15, -0.1) is 0 Å². The molecule has 1 N–H and O–H groups in total. The van der Waals surface area contributed by atoms with Crippen molar-refractivity contribution in [2.75, 3.05) is 14.1 Å². The third kappa shape index (κ3) is 2.56. The molecule has 0 saturated heterocycles. The molecule has 0 bridgehead atoms. The van der Waals surface area contributed by atoms with E-state index < -0.39 is 10.2 Å². The molecule has 2 rings (SSSR count). The van der Waals surface area contributed by atoms with E-state index in [0.717, 1.165) is 20.1 Å². The SMILES string of the molecule is CN(C)S(=O)(=O)n1cc(-c2ccccc2)nc1C=NO. The molecular formula is C12H14N4O3S. The van der Waals surface area contributed by atoms with E-state index in [9.17, 15) is 8.42 Å². The third-order valence-corrected chi connectivity index (χ3v) is 4.37. The molecule has 0 unspecified atom stereocenters. The van der Waals surface area contributed by atoms with E-state index in [2.05, 4.69) is 10.1 Å². The normalized spacial score (nSPS) is 12.3. The van der Waals surface area contributed by atoms with Gasteiger partial charge in [-0.25, -0.2) is 8.96 Å². The van der Waals surface area contributed by atoms with Crippen molar-refractivity contribution in [3.05, 3.63) is 42.4 Å². The highest BCUT2D eigenvalue weighted by Crippen LogP contribution is 2.19. The lowest BCUT2D eigenvalue weighted by Crippen LogP contribution is -2.29. The summed E-state index contributed by atoms with van der Waals surface area (Å²) in [6, 6.07) is 9.14. The molecule has 1 aromatic heterocycles. The lowest BCUT2D eigenvalue weighted by molar-refractivity contribution is 0.321. The highest BCUT2D eigenvalue weighted by atomic mass is 32.2. The maximum Gasteiger partial charge on any atom is 0.308 e. The highest BCUT2D eigenvalue weighted by molar-refractivity contribution is 7.87. The molecule has 0 aliphatic carbocycles. The smallest absolute Gasteiger partial charge is 0.308 e. The van der Waals surface area contributed by atoms with Crippen molar-refractivity contribution in [1.82, 2.24) is 13.3 Å². The van der Waals surface area contributed by atoms with Crippen molar-refractivity contribution in [2.45, 2.75) is 0 Å². The summed E-state index contributed by atoms with van der Waals surface area (Å²) < 4.78 is 26.4. The van der Waals surface area contributed by atoms with Crippen LogP contribution in [0.3, 0.4) is 0 Å². The molecule has 1 aromatic carbocycles. The zero-order valence-corrected chi connectivity index (χ0v) is 11.8. The second kappa shape index (κ2) is 5.43. The first-order valence-electron chi connectivity index (χ1n) is 5.72. The van der Waals surface area contributed by atoms with Gasteiger partial charge in [0.1, 0.15) is 6.21 Å². The van der Waals surface area contributed by atoms with Crippen LogP contribution in [0, 0.1) is 0 Å². The Kier molecular flexibility index (Phi) is 3.86. The maximum absolute atomic E-state index is 12.2. The molecule has 1 heterocycles. The minimum absolute atomic E-state index is 0.0278. The maximum atomic E-state index is 12.2. The minimum atomic E-state index is -3.73. The average Bonchev–Trinajstić information content (AvgIpc) is 2.85. The van der Waals surface area contributed by atoms with Crippen LogP contribution in [0.25, 0.3) is 11.3 Å². The summed E-state index contributed by atoms with van der Waals surface area (Å²) in [5, 5.41) is 11.5. The fourth-order valence-corrected chi connectivity index (χ4v) is 2.53. The third-order valence-electron chi connectivity index (χ3n) is 2.65. The first kappa shape index (κ1) is 14.2. The molecule has 0 radical (unpaired) electrons.